The average molecular weight is 332 g/mol. The largest absolute Gasteiger partial charge is 0.343 e. The number of aliphatic imine (C=N–C) groups is 1. The molecule has 0 saturated heterocycles. The molecule has 1 spiro atoms. The van der Waals surface area contributed by atoms with Gasteiger partial charge in [-0.15, -0.1) is 0 Å². The number of aryl methyl sites for hydroxylation is 1. The van der Waals surface area contributed by atoms with Gasteiger partial charge in [-0.1, -0.05) is 67.8 Å². The Morgan fingerprint density at radius 2 is 1.64 bits per heavy atom. The van der Waals surface area contributed by atoms with Gasteiger partial charge in [0, 0.05) is 17.6 Å². The number of anilines is 1. The fraction of sp³-hybridized carbons (Fsp3) is 0.435. The molecule has 2 aromatic carbocycles. The third-order valence-corrected chi connectivity index (χ3v) is 5.85. The summed E-state index contributed by atoms with van der Waals surface area (Å²) in [5, 5.41) is 3.71. The van der Waals surface area contributed by atoms with Gasteiger partial charge in [-0.25, -0.2) is 0 Å². The topological polar surface area (TPSA) is 24.4 Å². The van der Waals surface area contributed by atoms with E-state index in [9.17, 15) is 0 Å². The van der Waals surface area contributed by atoms with Crippen LogP contribution >= 0.6 is 0 Å². The molecule has 1 aliphatic carbocycles. The molecule has 2 aromatic rings. The van der Waals surface area contributed by atoms with E-state index in [4.69, 9.17) is 4.99 Å². The number of nitrogens with zero attached hydrogens (tertiary/aromatic N) is 1. The van der Waals surface area contributed by atoms with Crippen molar-refractivity contribution in [1.29, 1.82) is 0 Å². The van der Waals surface area contributed by atoms with Crippen molar-refractivity contribution in [3.05, 3.63) is 65.7 Å². The lowest BCUT2D eigenvalue weighted by atomic mass is 9.67. The number of hydrogen-bond acceptors (Lipinski definition) is 1. The summed E-state index contributed by atoms with van der Waals surface area (Å²) in [5.41, 5.74) is 4.41. The molecule has 1 N–H and O–H groups in total. The van der Waals surface area contributed by atoms with E-state index in [0.717, 1.165) is 25.8 Å². The molecule has 1 saturated carbocycles. The quantitative estimate of drug-likeness (QED) is 0.720. The van der Waals surface area contributed by atoms with Crippen LogP contribution < -0.4 is 5.32 Å². The molecule has 1 heterocycles. The molecule has 0 radical (unpaired) electrons. The number of benzene rings is 2. The maximum atomic E-state index is 5.08. The average Bonchev–Trinajstić information content (AvgIpc) is 2.67. The van der Waals surface area contributed by atoms with Gasteiger partial charge in [0.15, 0.2) is 0 Å². The Kier molecular flexibility index (Phi) is 4.87. The van der Waals surface area contributed by atoms with Crippen molar-refractivity contribution in [2.75, 3.05) is 11.9 Å². The van der Waals surface area contributed by atoms with Crippen molar-refractivity contribution in [2.24, 2.45) is 10.4 Å². The van der Waals surface area contributed by atoms with Crippen LogP contribution in [0.15, 0.2) is 59.6 Å². The molecule has 130 valence electrons. The Morgan fingerprint density at radius 3 is 2.48 bits per heavy atom. The molecule has 0 amide bonds. The van der Waals surface area contributed by atoms with E-state index in [1.54, 1.807) is 0 Å². The summed E-state index contributed by atoms with van der Waals surface area (Å²) >= 11 is 0. The molecule has 4 rings (SSSR count). The second-order valence-electron chi connectivity index (χ2n) is 7.62. The second-order valence-corrected chi connectivity index (χ2v) is 7.62. The minimum Gasteiger partial charge on any atom is -0.343 e. The lowest BCUT2D eigenvalue weighted by molar-refractivity contribution is 0.278. The molecule has 25 heavy (non-hydrogen) atoms. The van der Waals surface area contributed by atoms with Gasteiger partial charge in [-0.3, -0.25) is 4.99 Å². The summed E-state index contributed by atoms with van der Waals surface area (Å²) in [5.74, 6) is 1.26. The van der Waals surface area contributed by atoms with Gasteiger partial charge in [0.25, 0.3) is 0 Å². The van der Waals surface area contributed by atoms with Crippen molar-refractivity contribution >= 4 is 11.5 Å². The van der Waals surface area contributed by atoms with Gasteiger partial charge in [-0.05, 0) is 49.3 Å². The summed E-state index contributed by atoms with van der Waals surface area (Å²) in [6.07, 6.45) is 10.0. The molecule has 0 bridgehead atoms. The smallest absolute Gasteiger partial charge is 0.107 e. The first-order valence-corrected chi connectivity index (χ1v) is 9.80. The molecular formula is C23H28N2. The van der Waals surface area contributed by atoms with E-state index in [-0.39, 0.29) is 5.41 Å². The summed E-state index contributed by atoms with van der Waals surface area (Å²) in [7, 11) is 0. The van der Waals surface area contributed by atoms with Crippen LogP contribution in [0.4, 0.5) is 5.69 Å². The fourth-order valence-electron chi connectivity index (χ4n) is 4.47. The number of para-hydroxylation sites is 1. The monoisotopic (exact) mass is 332 g/mol. The molecule has 2 aliphatic rings. The first kappa shape index (κ1) is 16.4. The Hall–Kier alpha value is -2.09. The van der Waals surface area contributed by atoms with Gasteiger partial charge in [-0.2, -0.15) is 0 Å². The van der Waals surface area contributed by atoms with E-state index < -0.39 is 0 Å². The third-order valence-electron chi connectivity index (χ3n) is 5.85. The zero-order chi connectivity index (χ0) is 17.0. The Bertz CT molecular complexity index is 727. The standard InChI is InChI=1S/C23H28N2/c1-3-10-19(11-4-1)12-9-17-24-22-23(15-7-2-8-16-23)18-20-13-5-6-14-21(20)25-22/h1,3-6,10-11,13-14H,2,7-9,12,15-18H2,(H,24,25). The van der Waals surface area contributed by atoms with Crippen molar-refractivity contribution in [1.82, 2.24) is 0 Å². The molecule has 2 nitrogen and oxygen atoms in total. The SMILES string of the molecule is c1ccc(CCCN=C2Nc3ccccc3CC23CCCCC3)cc1. The van der Waals surface area contributed by atoms with Crippen LogP contribution in [0, 0.1) is 5.41 Å². The molecule has 2 heteroatoms. The highest BCUT2D eigenvalue weighted by Gasteiger charge is 2.40. The molecule has 0 atom stereocenters. The normalized spacial score (nSPS) is 20.2. The maximum absolute atomic E-state index is 5.08. The molecule has 1 aliphatic heterocycles. The summed E-state index contributed by atoms with van der Waals surface area (Å²) in [6, 6.07) is 19.5. The van der Waals surface area contributed by atoms with Crippen molar-refractivity contribution in [3.8, 4) is 0 Å². The van der Waals surface area contributed by atoms with E-state index in [2.05, 4.69) is 59.9 Å². The zero-order valence-electron chi connectivity index (χ0n) is 15.0. The van der Waals surface area contributed by atoms with Gasteiger partial charge in [0.1, 0.15) is 5.84 Å². The highest BCUT2D eigenvalue weighted by atomic mass is 15.0. The number of amidine groups is 1. The summed E-state index contributed by atoms with van der Waals surface area (Å²) in [6.45, 7) is 0.918. The van der Waals surface area contributed by atoms with Crippen LogP contribution in [0.2, 0.25) is 0 Å². The molecule has 0 aromatic heterocycles. The first-order chi connectivity index (χ1) is 12.4. The van der Waals surface area contributed by atoms with Crippen LogP contribution in [0.1, 0.15) is 49.7 Å². The minimum atomic E-state index is 0.263. The third kappa shape index (κ3) is 3.63. The lowest BCUT2D eigenvalue weighted by Crippen LogP contribution is -2.43. The summed E-state index contributed by atoms with van der Waals surface area (Å²) < 4.78 is 0. The highest BCUT2D eigenvalue weighted by molar-refractivity contribution is 6.02. The van der Waals surface area contributed by atoms with Gasteiger partial charge < -0.3 is 5.32 Å². The van der Waals surface area contributed by atoms with E-state index in [0.29, 0.717) is 0 Å². The number of hydrogen-bond donors (Lipinski definition) is 1. The maximum Gasteiger partial charge on any atom is 0.107 e. The Labute approximate surface area is 151 Å². The fourth-order valence-corrected chi connectivity index (χ4v) is 4.47. The van der Waals surface area contributed by atoms with Crippen LogP contribution in [0.5, 0.6) is 0 Å². The van der Waals surface area contributed by atoms with Crippen LogP contribution in [-0.2, 0) is 12.8 Å². The van der Waals surface area contributed by atoms with Gasteiger partial charge >= 0.3 is 0 Å². The second kappa shape index (κ2) is 7.43. The predicted molar refractivity (Wildman–Crippen MR) is 106 cm³/mol. The molecule has 1 fully saturated rings. The molecular weight excluding hydrogens is 304 g/mol. The van der Waals surface area contributed by atoms with Gasteiger partial charge in [0.05, 0.1) is 0 Å². The number of rotatable bonds is 4. The minimum absolute atomic E-state index is 0.263. The first-order valence-electron chi connectivity index (χ1n) is 9.80. The Morgan fingerprint density at radius 1 is 0.880 bits per heavy atom. The number of nitrogens with one attached hydrogen (secondary N) is 1. The van der Waals surface area contributed by atoms with Crippen molar-refractivity contribution < 1.29 is 0 Å². The lowest BCUT2D eigenvalue weighted by Gasteiger charge is -2.42. The van der Waals surface area contributed by atoms with E-state index in [1.165, 1.54) is 54.8 Å². The van der Waals surface area contributed by atoms with Crippen LogP contribution in [0.25, 0.3) is 0 Å². The number of fused-ring (bicyclic) bond motifs is 1. The zero-order valence-corrected chi connectivity index (χ0v) is 15.0. The van der Waals surface area contributed by atoms with E-state index >= 15 is 0 Å². The predicted octanol–water partition coefficient (Wildman–Crippen LogP) is 5.64. The van der Waals surface area contributed by atoms with Crippen molar-refractivity contribution in [2.45, 2.75) is 51.4 Å². The van der Waals surface area contributed by atoms with Crippen molar-refractivity contribution in [3.63, 3.8) is 0 Å². The van der Waals surface area contributed by atoms with E-state index in [1.807, 2.05) is 0 Å². The summed E-state index contributed by atoms with van der Waals surface area (Å²) in [4.78, 5) is 5.08. The van der Waals surface area contributed by atoms with Gasteiger partial charge in [0.2, 0.25) is 0 Å². The highest BCUT2D eigenvalue weighted by Crippen LogP contribution is 2.44. The molecule has 0 unspecified atom stereocenters. The Balaban J connectivity index is 1.49. The van der Waals surface area contributed by atoms with Crippen LogP contribution in [-0.4, -0.2) is 12.4 Å². The van der Waals surface area contributed by atoms with Crippen LogP contribution in [0.3, 0.4) is 0 Å².